The second-order valence-electron chi connectivity index (χ2n) is 5.29. The second kappa shape index (κ2) is 7.78. The number of hydrogen-bond donors (Lipinski definition) is 1. The number of hydrogen-bond acceptors (Lipinski definition) is 2. The van der Waals surface area contributed by atoms with Gasteiger partial charge in [0.25, 0.3) is 0 Å². The van der Waals surface area contributed by atoms with Crippen molar-refractivity contribution >= 4 is 35.0 Å². The highest BCUT2D eigenvalue weighted by molar-refractivity contribution is 7.99. The van der Waals surface area contributed by atoms with E-state index < -0.39 is 0 Å². The smallest absolute Gasteiger partial charge is 0.0453 e. The molecule has 1 aliphatic carbocycles. The molecular weight excluding hydrogens is 297 g/mol. The van der Waals surface area contributed by atoms with Crippen molar-refractivity contribution in [1.29, 1.82) is 0 Å². The molecule has 0 spiro atoms. The second-order valence-corrected chi connectivity index (χ2v) is 7.47. The first kappa shape index (κ1) is 15.5. The number of nitrogens with two attached hydrogens (primary N) is 1. The van der Waals surface area contributed by atoms with Crippen LogP contribution in [-0.4, -0.2) is 17.0 Å². The van der Waals surface area contributed by atoms with Crippen LogP contribution in [0.15, 0.2) is 18.2 Å². The molecule has 0 amide bonds. The van der Waals surface area contributed by atoms with E-state index in [1.807, 2.05) is 23.9 Å². The molecule has 0 heterocycles. The van der Waals surface area contributed by atoms with Crippen molar-refractivity contribution in [2.45, 2.75) is 49.8 Å². The predicted octanol–water partition coefficient (Wildman–Crippen LogP) is 4.93. The predicted molar refractivity (Wildman–Crippen MR) is 87.5 cm³/mol. The topological polar surface area (TPSA) is 26.0 Å². The molecule has 19 heavy (non-hydrogen) atoms. The van der Waals surface area contributed by atoms with Gasteiger partial charge in [-0.25, -0.2) is 0 Å². The van der Waals surface area contributed by atoms with Crippen LogP contribution in [0.3, 0.4) is 0 Å². The highest BCUT2D eigenvalue weighted by Crippen LogP contribution is 2.29. The Hall–Kier alpha value is 0.110. The summed E-state index contributed by atoms with van der Waals surface area (Å²) in [5.41, 5.74) is 7.32. The molecule has 1 saturated carbocycles. The summed E-state index contributed by atoms with van der Waals surface area (Å²) in [6.07, 6.45) is 7.73. The lowest BCUT2D eigenvalue weighted by Crippen LogP contribution is -2.27. The van der Waals surface area contributed by atoms with Crippen molar-refractivity contribution in [1.82, 2.24) is 0 Å². The molecule has 1 nitrogen and oxygen atoms in total. The van der Waals surface area contributed by atoms with E-state index in [4.69, 9.17) is 28.9 Å². The largest absolute Gasteiger partial charge is 0.327 e. The molecule has 0 radical (unpaired) electrons. The number of rotatable bonds is 5. The van der Waals surface area contributed by atoms with Crippen LogP contribution in [0, 0.1) is 0 Å². The van der Waals surface area contributed by atoms with Crippen molar-refractivity contribution in [3.05, 3.63) is 33.8 Å². The van der Waals surface area contributed by atoms with E-state index in [0.717, 1.165) is 28.0 Å². The Morgan fingerprint density at radius 1 is 1.21 bits per heavy atom. The minimum atomic E-state index is 0.172. The molecule has 4 heteroatoms. The molecule has 0 aromatic heterocycles. The molecule has 0 bridgehead atoms. The summed E-state index contributed by atoms with van der Waals surface area (Å²) in [5.74, 6) is 1.02. The lowest BCUT2D eigenvalue weighted by molar-refractivity contribution is 0.515. The van der Waals surface area contributed by atoms with E-state index in [9.17, 15) is 0 Å². The molecule has 1 aromatic carbocycles. The maximum absolute atomic E-state index is 6.22. The SMILES string of the molecule is NC(CSC1CCCCC1)Cc1ccc(Cl)cc1Cl. The lowest BCUT2D eigenvalue weighted by atomic mass is 10.0. The van der Waals surface area contributed by atoms with Crippen LogP contribution in [0.5, 0.6) is 0 Å². The van der Waals surface area contributed by atoms with Gasteiger partial charge < -0.3 is 5.73 Å². The van der Waals surface area contributed by atoms with E-state index in [0.29, 0.717) is 5.02 Å². The van der Waals surface area contributed by atoms with Crippen molar-refractivity contribution < 1.29 is 0 Å². The zero-order chi connectivity index (χ0) is 13.7. The summed E-state index contributed by atoms with van der Waals surface area (Å²) in [6, 6.07) is 5.82. The summed E-state index contributed by atoms with van der Waals surface area (Å²) < 4.78 is 0. The molecular formula is C15H21Cl2NS. The molecule has 1 aromatic rings. The summed E-state index contributed by atoms with van der Waals surface area (Å²) in [6.45, 7) is 0. The lowest BCUT2D eigenvalue weighted by Gasteiger charge is -2.22. The standard InChI is InChI=1S/C15H21Cl2NS/c16-12-7-6-11(15(17)9-12)8-13(18)10-19-14-4-2-1-3-5-14/h6-7,9,13-14H,1-5,8,10,18H2. The average Bonchev–Trinajstić information content (AvgIpc) is 2.41. The molecule has 1 aliphatic rings. The highest BCUT2D eigenvalue weighted by atomic mass is 35.5. The summed E-state index contributed by atoms with van der Waals surface area (Å²) in [4.78, 5) is 0. The van der Waals surface area contributed by atoms with Crippen LogP contribution in [0.2, 0.25) is 10.0 Å². The van der Waals surface area contributed by atoms with E-state index in [2.05, 4.69) is 0 Å². The van der Waals surface area contributed by atoms with E-state index in [1.165, 1.54) is 32.1 Å². The first-order chi connectivity index (χ1) is 9.15. The number of halogens is 2. The zero-order valence-corrected chi connectivity index (χ0v) is 13.4. The van der Waals surface area contributed by atoms with Crippen LogP contribution in [-0.2, 0) is 6.42 Å². The van der Waals surface area contributed by atoms with Gasteiger partial charge in [0.15, 0.2) is 0 Å². The van der Waals surface area contributed by atoms with Crippen molar-refractivity contribution in [3.8, 4) is 0 Å². The first-order valence-electron chi connectivity index (χ1n) is 6.96. The van der Waals surface area contributed by atoms with E-state index in [-0.39, 0.29) is 6.04 Å². The minimum Gasteiger partial charge on any atom is -0.327 e. The molecule has 0 saturated heterocycles. The maximum Gasteiger partial charge on any atom is 0.0453 e. The van der Waals surface area contributed by atoms with Crippen LogP contribution in [0.1, 0.15) is 37.7 Å². The van der Waals surface area contributed by atoms with Crippen molar-refractivity contribution in [2.75, 3.05) is 5.75 Å². The zero-order valence-electron chi connectivity index (χ0n) is 11.1. The quantitative estimate of drug-likeness (QED) is 0.833. The summed E-state index contributed by atoms with van der Waals surface area (Å²) >= 11 is 14.1. The molecule has 2 rings (SSSR count). The minimum absolute atomic E-state index is 0.172. The van der Waals surface area contributed by atoms with Gasteiger partial charge in [0, 0.05) is 27.1 Å². The van der Waals surface area contributed by atoms with Gasteiger partial charge in [0.2, 0.25) is 0 Å². The van der Waals surface area contributed by atoms with Crippen molar-refractivity contribution in [3.63, 3.8) is 0 Å². The molecule has 106 valence electrons. The first-order valence-corrected chi connectivity index (χ1v) is 8.76. The Labute approximate surface area is 130 Å². The van der Waals surface area contributed by atoms with Gasteiger partial charge in [0.1, 0.15) is 0 Å². The normalized spacial score (nSPS) is 18.5. The van der Waals surface area contributed by atoms with E-state index in [1.54, 1.807) is 6.07 Å². The monoisotopic (exact) mass is 317 g/mol. The molecule has 0 aliphatic heterocycles. The van der Waals surface area contributed by atoms with Crippen molar-refractivity contribution in [2.24, 2.45) is 5.73 Å². The fraction of sp³-hybridized carbons (Fsp3) is 0.600. The Bertz CT molecular complexity index is 405. The third-order valence-corrected chi connectivity index (χ3v) is 5.75. The third-order valence-electron chi connectivity index (χ3n) is 3.60. The fourth-order valence-electron chi connectivity index (χ4n) is 2.52. The van der Waals surface area contributed by atoms with Gasteiger partial charge in [-0.1, -0.05) is 48.5 Å². The highest BCUT2D eigenvalue weighted by Gasteiger charge is 2.15. The fourth-order valence-corrected chi connectivity index (χ4v) is 4.31. The van der Waals surface area contributed by atoms with Gasteiger partial charge in [0.05, 0.1) is 0 Å². The number of thioether (sulfide) groups is 1. The molecule has 1 fully saturated rings. The average molecular weight is 318 g/mol. The van der Waals surface area contributed by atoms with Crippen LogP contribution < -0.4 is 5.73 Å². The molecule has 1 unspecified atom stereocenters. The number of benzene rings is 1. The Balaban J connectivity index is 1.78. The van der Waals surface area contributed by atoms with Crippen LogP contribution in [0.4, 0.5) is 0 Å². The van der Waals surface area contributed by atoms with Gasteiger partial charge in [-0.2, -0.15) is 11.8 Å². The van der Waals surface area contributed by atoms with Gasteiger partial charge >= 0.3 is 0 Å². The summed E-state index contributed by atoms with van der Waals surface area (Å²) in [7, 11) is 0. The van der Waals surface area contributed by atoms with Gasteiger partial charge in [-0.3, -0.25) is 0 Å². The van der Waals surface area contributed by atoms with Gasteiger partial charge in [-0.05, 0) is 37.0 Å². The Morgan fingerprint density at radius 3 is 2.63 bits per heavy atom. The summed E-state index contributed by atoms with van der Waals surface area (Å²) in [5, 5.41) is 2.23. The Morgan fingerprint density at radius 2 is 1.95 bits per heavy atom. The van der Waals surface area contributed by atoms with Crippen LogP contribution >= 0.6 is 35.0 Å². The van der Waals surface area contributed by atoms with E-state index >= 15 is 0 Å². The molecule has 1 atom stereocenters. The van der Waals surface area contributed by atoms with Gasteiger partial charge in [-0.15, -0.1) is 0 Å². The van der Waals surface area contributed by atoms with Crippen LogP contribution in [0.25, 0.3) is 0 Å². The molecule has 2 N–H and O–H groups in total. The Kier molecular flexibility index (Phi) is 6.34. The maximum atomic E-state index is 6.22. The third kappa shape index (κ3) is 5.18.